The number of hydrogen-bond acceptors (Lipinski definition) is 5. The predicted molar refractivity (Wildman–Crippen MR) is 103 cm³/mol. The molecular weight excluding hydrogens is 399 g/mol. The third kappa shape index (κ3) is 5.08. The van der Waals surface area contributed by atoms with Crippen molar-refractivity contribution in [1.29, 1.82) is 5.26 Å². The van der Waals surface area contributed by atoms with Crippen molar-refractivity contribution in [2.24, 2.45) is 0 Å². The molecule has 0 radical (unpaired) electrons. The number of rotatable bonds is 5. The molecule has 0 saturated carbocycles. The van der Waals surface area contributed by atoms with Crippen LogP contribution < -0.4 is 10.2 Å². The Morgan fingerprint density at radius 3 is 2.53 bits per heavy atom. The quantitative estimate of drug-likeness (QED) is 0.745. The first-order valence-electron chi connectivity index (χ1n) is 9.21. The standard InChI is InChI=1S/C21H18F3N3O3/c22-21(23,24)16-6-7-18(27-8-1-2-9-27)17(11-16)26-19(28)13-30-20(29)15-5-3-4-14(10-15)12-25/h3-7,10-11H,1-2,8-9,13H2,(H,26,28). The number of nitriles is 1. The van der Waals surface area contributed by atoms with Gasteiger partial charge in [0.2, 0.25) is 0 Å². The van der Waals surface area contributed by atoms with E-state index in [0.29, 0.717) is 18.8 Å². The normalized spacial score (nSPS) is 13.6. The van der Waals surface area contributed by atoms with Crippen LogP contribution in [0.4, 0.5) is 24.5 Å². The maximum atomic E-state index is 13.1. The van der Waals surface area contributed by atoms with E-state index in [9.17, 15) is 22.8 Å². The van der Waals surface area contributed by atoms with Gasteiger partial charge in [0.1, 0.15) is 0 Å². The number of ether oxygens (including phenoxy) is 1. The molecule has 2 aromatic rings. The van der Waals surface area contributed by atoms with Gasteiger partial charge in [-0.2, -0.15) is 18.4 Å². The SMILES string of the molecule is N#Cc1cccc(C(=O)OCC(=O)Nc2cc(C(F)(F)F)ccc2N2CCCC2)c1. The number of amides is 1. The van der Waals surface area contributed by atoms with Crippen LogP contribution in [-0.4, -0.2) is 31.6 Å². The summed E-state index contributed by atoms with van der Waals surface area (Å²) < 4.78 is 44.2. The first-order chi connectivity index (χ1) is 14.3. The van der Waals surface area contributed by atoms with E-state index in [1.807, 2.05) is 11.0 Å². The number of carbonyl (C=O) groups excluding carboxylic acids is 2. The van der Waals surface area contributed by atoms with Crippen LogP contribution in [0.15, 0.2) is 42.5 Å². The van der Waals surface area contributed by atoms with Crippen molar-refractivity contribution in [3.05, 3.63) is 59.2 Å². The molecular formula is C21H18F3N3O3. The molecule has 1 saturated heterocycles. The van der Waals surface area contributed by atoms with Gasteiger partial charge in [-0.3, -0.25) is 4.79 Å². The van der Waals surface area contributed by atoms with E-state index in [1.165, 1.54) is 30.3 Å². The predicted octanol–water partition coefficient (Wildman–Crippen LogP) is 3.97. The van der Waals surface area contributed by atoms with Crippen molar-refractivity contribution in [2.45, 2.75) is 19.0 Å². The number of halogens is 3. The minimum atomic E-state index is -4.55. The number of carbonyl (C=O) groups is 2. The zero-order chi connectivity index (χ0) is 21.7. The van der Waals surface area contributed by atoms with Gasteiger partial charge in [-0.05, 0) is 49.2 Å². The Labute approximate surface area is 170 Å². The molecule has 1 aliphatic rings. The highest BCUT2D eigenvalue weighted by Gasteiger charge is 2.32. The van der Waals surface area contributed by atoms with Crippen LogP contribution in [0.5, 0.6) is 0 Å². The van der Waals surface area contributed by atoms with Gasteiger partial charge in [0.25, 0.3) is 5.91 Å². The highest BCUT2D eigenvalue weighted by atomic mass is 19.4. The first kappa shape index (κ1) is 21.2. The summed E-state index contributed by atoms with van der Waals surface area (Å²) >= 11 is 0. The molecule has 0 unspecified atom stereocenters. The number of hydrogen-bond donors (Lipinski definition) is 1. The molecule has 0 aromatic heterocycles. The largest absolute Gasteiger partial charge is 0.452 e. The average Bonchev–Trinajstić information content (AvgIpc) is 3.26. The Morgan fingerprint density at radius 1 is 1.13 bits per heavy atom. The second kappa shape index (κ2) is 8.86. The Bertz CT molecular complexity index is 993. The summed E-state index contributed by atoms with van der Waals surface area (Å²) in [5, 5.41) is 11.3. The van der Waals surface area contributed by atoms with Crippen LogP contribution in [-0.2, 0) is 15.7 Å². The van der Waals surface area contributed by atoms with Gasteiger partial charge < -0.3 is 15.0 Å². The second-order valence-electron chi connectivity index (χ2n) is 6.74. The molecule has 2 aromatic carbocycles. The van der Waals surface area contributed by atoms with Crippen LogP contribution in [0.3, 0.4) is 0 Å². The minimum Gasteiger partial charge on any atom is -0.452 e. The third-order valence-electron chi connectivity index (χ3n) is 4.61. The molecule has 0 spiro atoms. The molecule has 156 valence electrons. The average molecular weight is 417 g/mol. The number of esters is 1. The second-order valence-corrected chi connectivity index (χ2v) is 6.74. The molecule has 1 N–H and O–H groups in total. The fourth-order valence-electron chi connectivity index (χ4n) is 3.16. The summed E-state index contributed by atoms with van der Waals surface area (Å²) in [5.41, 5.74) is -0.0287. The molecule has 0 bridgehead atoms. The fourth-order valence-corrected chi connectivity index (χ4v) is 3.16. The van der Waals surface area contributed by atoms with Crippen molar-refractivity contribution in [2.75, 3.05) is 29.9 Å². The number of benzene rings is 2. The summed E-state index contributed by atoms with van der Waals surface area (Å²) in [6.07, 6.45) is -2.73. The van der Waals surface area contributed by atoms with Crippen LogP contribution in [0.1, 0.15) is 34.3 Å². The van der Waals surface area contributed by atoms with Crippen LogP contribution >= 0.6 is 0 Å². The van der Waals surface area contributed by atoms with Gasteiger partial charge in [-0.25, -0.2) is 4.79 Å². The first-order valence-corrected chi connectivity index (χ1v) is 9.21. The molecule has 0 aliphatic carbocycles. The van der Waals surface area contributed by atoms with E-state index >= 15 is 0 Å². The van der Waals surface area contributed by atoms with Crippen molar-refractivity contribution in [3.8, 4) is 6.07 Å². The van der Waals surface area contributed by atoms with Gasteiger partial charge in [-0.1, -0.05) is 6.07 Å². The van der Waals surface area contributed by atoms with Crippen molar-refractivity contribution in [3.63, 3.8) is 0 Å². The van der Waals surface area contributed by atoms with E-state index in [0.717, 1.165) is 25.0 Å². The number of anilines is 2. The summed E-state index contributed by atoms with van der Waals surface area (Å²) in [7, 11) is 0. The van der Waals surface area contributed by atoms with Gasteiger partial charge in [0.05, 0.1) is 34.1 Å². The molecule has 1 heterocycles. The zero-order valence-corrected chi connectivity index (χ0v) is 15.8. The number of nitrogens with zero attached hydrogens (tertiary/aromatic N) is 2. The molecule has 0 atom stereocenters. The summed E-state index contributed by atoms with van der Waals surface area (Å²) in [5.74, 6) is -1.58. The van der Waals surface area contributed by atoms with E-state index in [4.69, 9.17) is 10.00 Å². The topological polar surface area (TPSA) is 82.4 Å². The number of nitrogens with one attached hydrogen (secondary N) is 1. The van der Waals surface area contributed by atoms with E-state index < -0.39 is 30.2 Å². The Balaban J connectivity index is 1.71. The summed E-state index contributed by atoms with van der Waals surface area (Å²) in [6, 6.07) is 10.8. The Hall–Kier alpha value is -3.54. The lowest BCUT2D eigenvalue weighted by atomic mass is 10.1. The smallest absolute Gasteiger partial charge is 0.416 e. The van der Waals surface area contributed by atoms with Gasteiger partial charge in [0.15, 0.2) is 6.61 Å². The molecule has 1 amide bonds. The van der Waals surface area contributed by atoms with Crippen LogP contribution in [0, 0.1) is 11.3 Å². The molecule has 3 rings (SSSR count). The van der Waals surface area contributed by atoms with Crippen molar-refractivity contribution >= 4 is 23.3 Å². The van der Waals surface area contributed by atoms with Gasteiger partial charge in [-0.15, -0.1) is 0 Å². The van der Waals surface area contributed by atoms with Gasteiger partial charge >= 0.3 is 12.1 Å². The molecule has 30 heavy (non-hydrogen) atoms. The maximum Gasteiger partial charge on any atom is 0.416 e. The fraction of sp³-hybridized carbons (Fsp3) is 0.286. The molecule has 1 aliphatic heterocycles. The van der Waals surface area contributed by atoms with Crippen LogP contribution in [0.25, 0.3) is 0 Å². The summed E-state index contributed by atoms with van der Waals surface area (Å²) in [4.78, 5) is 26.2. The lowest BCUT2D eigenvalue weighted by Gasteiger charge is -2.23. The zero-order valence-electron chi connectivity index (χ0n) is 15.8. The lowest BCUT2D eigenvalue weighted by molar-refractivity contribution is -0.137. The Morgan fingerprint density at radius 2 is 1.87 bits per heavy atom. The van der Waals surface area contributed by atoms with Crippen molar-refractivity contribution < 1.29 is 27.5 Å². The van der Waals surface area contributed by atoms with Gasteiger partial charge in [0, 0.05) is 13.1 Å². The van der Waals surface area contributed by atoms with E-state index in [2.05, 4.69) is 5.32 Å². The highest BCUT2D eigenvalue weighted by molar-refractivity contribution is 5.97. The summed E-state index contributed by atoms with van der Waals surface area (Å²) in [6.45, 7) is 0.683. The third-order valence-corrected chi connectivity index (χ3v) is 4.61. The maximum absolute atomic E-state index is 13.1. The lowest BCUT2D eigenvalue weighted by Crippen LogP contribution is -2.24. The van der Waals surface area contributed by atoms with Crippen LogP contribution in [0.2, 0.25) is 0 Å². The monoisotopic (exact) mass is 417 g/mol. The van der Waals surface area contributed by atoms with E-state index in [-0.39, 0.29) is 16.8 Å². The molecule has 9 heteroatoms. The number of alkyl halides is 3. The van der Waals surface area contributed by atoms with Crippen molar-refractivity contribution in [1.82, 2.24) is 0 Å². The minimum absolute atomic E-state index is 0.0132. The highest BCUT2D eigenvalue weighted by Crippen LogP contribution is 2.36. The Kier molecular flexibility index (Phi) is 6.26. The molecule has 1 fully saturated rings. The molecule has 6 nitrogen and oxygen atoms in total. The van der Waals surface area contributed by atoms with E-state index in [1.54, 1.807) is 0 Å².